The number of hydrogen-bond donors (Lipinski definition) is 0. The van der Waals surface area contributed by atoms with Gasteiger partial charge < -0.3 is 24.1 Å². The van der Waals surface area contributed by atoms with Crippen LogP contribution in [0.25, 0.3) is 0 Å². The minimum atomic E-state index is -1.17. The molecule has 1 aliphatic rings. The molecule has 4 rings (SSSR count). The van der Waals surface area contributed by atoms with Crippen molar-refractivity contribution < 1.29 is 58.5 Å². The van der Waals surface area contributed by atoms with Crippen LogP contribution in [0.3, 0.4) is 0 Å². The minimum Gasteiger partial charge on any atom is -0.549 e. The molecule has 1 atom stereocenters. The predicted molar refractivity (Wildman–Crippen MR) is 129 cm³/mol. The van der Waals surface area contributed by atoms with Crippen molar-refractivity contribution in [3.8, 4) is 23.0 Å². The molecule has 0 aliphatic carbocycles. The maximum absolute atomic E-state index is 12.7. The van der Waals surface area contributed by atoms with Gasteiger partial charge >= 0.3 is 29.6 Å². The maximum Gasteiger partial charge on any atom is 1.00 e. The second kappa shape index (κ2) is 12.7. The molecule has 3 aromatic carbocycles. The van der Waals surface area contributed by atoms with Crippen molar-refractivity contribution in [3.63, 3.8) is 0 Å². The molecular weight excluding hydrogens is 516 g/mol. The molecule has 10 heteroatoms. The number of aliphatic carboxylic acids is 1. The fourth-order valence-corrected chi connectivity index (χ4v) is 4.16. The zero-order valence-electron chi connectivity index (χ0n) is 19.8. The number of halogens is 2. The van der Waals surface area contributed by atoms with Crippen LogP contribution in [-0.2, 0) is 11.2 Å². The molecule has 0 spiro atoms. The third-order valence-corrected chi connectivity index (χ3v) is 6.31. The van der Waals surface area contributed by atoms with Gasteiger partial charge in [-0.15, -0.1) is 0 Å². The molecule has 1 heterocycles. The van der Waals surface area contributed by atoms with Crippen molar-refractivity contribution >= 4 is 35.3 Å². The third kappa shape index (κ3) is 6.66. The van der Waals surface area contributed by atoms with Crippen LogP contribution in [0.5, 0.6) is 23.0 Å². The van der Waals surface area contributed by atoms with E-state index in [9.17, 15) is 14.7 Å². The number of amides is 1. The van der Waals surface area contributed by atoms with E-state index in [1.54, 1.807) is 37.4 Å². The zero-order chi connectivity index (χ0) is 24.9. The number of benzene rings is 3. The molecule has 0 fully saturated rings. The number of fused-ring (bicyclic) bond motifs is 1. The first-order valence-electron chi connectivity index (χ1n) is 10.9. The van der Waals surface area contributed by atoms with Crippen LogP contribution < -0.4 is 48.9 Å². The molecule has 0 aromatic heterocycles. The van der Waals surface area contributed by atoms with E-state index in [-0.39, 0.29) is 47.1 Å². The monoisotopic (exact) mass is 537 g/mol. The summed E-state index contributed by atoms with van der Waals surface area (Å²) in [5.41, 5.74) is 1.90. The first kappa shape index (κ1) is 28.2. The van der Waals surface area contributed by atoms with Crippen molar-refractivity contribution in [2.45, 2.75) is 18.8 Å². The van der Waals surface area contributed by atoms with Gasteiger partial charge in [0, 0.05) is 47.4 Å². The van der Waals surface area contributed by atoms with E-state index in [2.05, 4.69) is 0 Å². The summed E-state index contributed by atoms with van der Waals surface area (Å²) >= 11 is 12.5. The van der Waals surface area contributed by atoms with Crippen LogP contribution in [0.2, 0.25) is 5.02 Å². The second-order valence-electron chi connectivity index (χ2n) is 7.94. The van der Waals surface area contributed by atoms with Gasteiger partial charge in [0.2, 0.25) is 0 Å². The molecule has 182 valence electrons. The van der Waals surface area contributed by atoms with Gasteiger partial charge in [0.25, 0.3) is 5.91 Å². The second-order valence-corrected chi connectivity index (χ2v) is 8.76. The summed E-state index contributed by atoms with van der Waals surface area (Å²) in [5.74, 6) is -0.375. The standard InChI is InChI=1S/C26H23Cl2NO6.Na/c1-33-18-6-2-16(3-7-18)10-12-29(28)25(30)17-4-8-19(9-5-17)35-24-15-23-21(14-22(24)27)20(26(31)32)11-13-34-23;/h2-9,14-15,20H,10-13H2,1H3,(H,31,32);/q;+1/p-1. The summed E-state index contributed by atoms with van der Waals surface area (Å²) in [7, 11) is 1.61. The van der Waals surface area contributed by atoms with Crippen molar-refractivity contribution in [3.05, 3.63) is 82.4 Å². The topological polar surface area (TPSA) is 88.1 Å². The third-order valence-electron chi connectivity index (χ3n) is 5.69. The summed E-state index contributed by atoms with van der Waals surface area (Å²) in [5, 5.41) is 11.6. The van der Waals surface area contributed by atoms with Crippen molar-refractivity contribution in [1.82, 2.24) is 4.42 Å². The van der Waals surface area contributed by atoms with Gasteiger partial charge in [0.05, 0.1) is 18.7 Å². The molecule has 7 nitrogen and oxygen atoms in total. The smallest absolute Gasteiger partial charge is 0.549 e. The molecule has 1 unspecified atom stereocenters. The van der Waals surface area contributed by atoms with Crippen LogP contribution in [0.4, 0.5) is 0 Å². The Morgan fingerprint density at radius 1 is 1.08 bits per heavy atom. The van der Waals surface area contributed by atoms with Crippen LogP contribution >= 0.6 is 23.4 Å². The van der Waals surface area contributed by atoms with Gasteiger partial charge in [-0.05, 0) is 60.9 Å². The number of rotatable bonds is 8. The summed E-state index contributed by atoms with van der Waals surface area (Å²) in [4.78, 5) is 24.1. The molecule has 1 amide bonds. The molecule has 1 aliphatic heterocycles. The van der Waals surface area contributed by atoms with Gasteiger partial charge in [-0.3, -0.25) is 9.21 Å². The average Bonchev–Trinajstić information content (AvgIpc) is 2.87. The number of methoxy groups -OCH3 is 1. The Morgan fingerprint density at radius 3 is 2.39 bits per heavy atom. The Labute approximate surface area is 241 Å². The SMILES string of the molecule is COc1ccc(CCN(Cl)C(=O)c2ccc(Oc3cc4c(cc3Cl)C(C(=O)[O-])CCO4)cc2)cc1.[Na+]. The Balaban J connectivity index is 0.00000361. The number of carboxylic acid groups (broad SMARTS) is 1. The number of carboxylic acids is 1. The fourth-order valence-electron chi connectivity index (χ4n) is 3.77. The van der Waals surface area contributed by atoms with E-state index in [0.29, 0.717) is 47.8 Å². The van der Waals surface area contributed by atoms with E-state index < -0.39 is 11.9 Å². The number of carbonyl (C=O) groups is 2. The maximum atomic E-state index is 12.7. The Hall–Kier alpha value is -2.42. The number of hydrogen-bond acceptors (Lipinski definition) is 6. The average molecular weight is 538 g/mol. The molecular formula is C26H22Cl2NNaO6. The van der Waals surface area contributed by atoms with Gasteiger partial charge in [-0.1, -0.05) is 23.7 Å². The van der Waals surface area contributed by atoms with E-state index >= 15 is 0 Å². The summed E-state index contributed by atoms with van der Waals surface area (Å²) in [6, 6.07) is 17.1. The fraction of sp³-hybridized carbons (Fsp3) is 0.231. The van der Waals surface area contributed by atoms with E-state index in [1.165, 1.54) is 6.07 Å². The summed E-state index contributed by atoms with van der Waals surface area (Å²) < 4.78 is 17.7. The molecule has 3 aromatic rings. The Bertz CT molecular complexity index is 1220. The first-order valence-corrected chi connectivity index (χ1v) is 11.6. The molecule has 36 heavy (non-hydrogen) atoms. The van der Waals surface area contributed by atoms with Gasteiger partial charge in [0.1, 0.15) is 23.0 Å². The molecule has 0 bridgehead atoms. The Morgan fingerprint density at radius 2 is 1.75 bits per heavy atom. The number of nitrogens with zero attached hydrogens (tertiary/aromatic N) is 1. The van der Waals surface area contributed by atoms with Gasteiger partial charge in [-0.2, -0.15) is 0 Å². The van der Waals surface area contributed by atoms with Crippen LogP contribution in [0.15, 0.2) is 60.7 Å². The van der Waals surface area contributed by atoms with Crippen molar-refractivity contribution in [2.24, 2.45) is 0 Å². The molecule has 0 saturated heterocycles. The van der Waals surface area contributed by atoms with E-state index in [1.807, 2.05) is 24.3 Å². The quantitative estimate of drug-likeness (QED) is 0.320. The summed E-state index contributed by atoms with van der Waals surface area (Å²) in [6.45, 7) is 0.597. The molecule has 0 radical (unpaired) electrons. The van der Waals surface area contributed by atoms with Gasteiger partial charge in [-0.25, -0.2) is 0 Å². The van der Waals surface area contributed by atoms with E-state index in [4.69, 9.17) is 37.6 Å². The van der Waals surface area contributed by atoms with Crippen molar-refractivity contribution in [2.75, 3.05) is 20.3 Å². The van der Waals surface area contributed by atoms with Gasteiger partial charge in [0.15, 0.2) is 0 Å². The molecule has 0 N–H and O–H groups in total. The number of carbonyl (C=O) groups excluding carboxylic acids is 2. The van der Waals surface area contributed by atoms with Crippen LogP contribution in [0, 0.1) is 0 Å². The largest absolute Gasteiger partial charge is 1.00 e. The number of ether oxygens (including phenoxy) is 3. The van der Waals surface area contributed by atoms with Crippen molar-refractivity contribution in [1.29, 1.82) is 0 Å². The predicted octanol–water partition coefficient (Wildman–Crippen LogP) is 1.60. The van der Waals surface area contributed by atoms with Crippen LogP contribution in [0.1, 0.15) is 33.8 Å². The van der Waals surface area contributed by atoms with E-state index in [0.717, 1.165) is 15.7 Å². The molecule has 0 saturated carbocycles. The summed E-state index contributed by atoms with van der Waals surface area (Å²) in [6.07, 6.45) is 0.914. The zero-order valence-corrected chi connectivity index (χ0v) is 23.3. The Kier molecular flexibility index (Phi) is 9.93. The minimum absolute atomic E-state index is 0. The first-order chi connectivity index (χ1) is 16.9. The van der Waals surface area contributed by atoms with Crippen LogP contribution in [-0.4, -0.2) is 36.6 Å². The normalized spacial score (nSPS) is 14.0.